The van der Waals surface area contributed by atoms with Crippen molar-refractivity contribution in [2.24, 2.45) is 0 Å². The van der Waals surface area contributed by atoms with Gasteiger partial charge in [-0.1, -0.05) is 0 Å². The fourth-order valence-electron chi connectivity index (χ4n) is 1.08. The van der Waals surface area contributed by atoms with E-state index >= 15 is 0 Å². The monoisotopic (exact) mass is 289 g/mol. The lowest BCUT2D eigenvalue weighted by molar-refractivity contribution is 0.273. The zero-order valence-electron chi connectivity index (χ0n) is 7.04. The molecule has 0 aliphatic heterocycles. The van der Waals surface area contributed by atoms with Crippen molar-refractivity contribution in [1.82, 2.24) is 0 Å². The van der Waals surface area contributed by atoms with Gasteiger partial charge in [0.1, 0.15) is 5.75 Å². The molecule has 0 radical (unpaired) electrons. The highest BCUT2D eigenvalue weighted by Crippen LogP contribution is 2.28. The Morgan fingerprint density at radius 2 is 2.31 bits per heavy atom. The van der Waals surface area contributed by atoms with Gasteiger partial charge in [-0.15, -0.1) is 0 Å². The molecule has 0 unspecified atom stereocenters. The first-order valence-corrected chi connectivity index (χ1v) is 4.68. The quantitative estimate of drug-likeness (QED) is 0.842. The second-order valence-electron chi connectivity index (χ2n) is 2.38. The van der Waals surface area contributed by atoms with Gasteiger partial charge in [-0.05, 0) is 34.7 Å². The zero-order valence-corrected chi connectivity index (χ0v) is 9.20. The molecule has 1 aromatic carbocycles. The van der Waals surface area contributed by atoms with Gasteiger partial charge in [0.25, 0.3) is 0 Å². The van der Waals surface area contributed by atoms with E-state index in [1.54, 1.807) is 12.1 Å². The summed E-state index contributed by atoms with van der Waals surface area (Å²) in [4.78, 5) is 0. The summed E-state index contributed by atoms with van der Waals surface area (Å²) in [5, 5.41) is 17.8. The van der Waals surface area contributed by atoms with Gasteiger partial charge in [0.05, 0.1) is 28.9 Å². The van der Waals surface area contributed by atoms with Crippen molar-refractivity contribution in [1.29, 1.82) is 5.26 Å². The molecular formula is C9H8INO2. The zero-order chi connectivity index (χ0) is 9.84. The summed E-state index contributed by atoms with van der Waals surface area (Å²) in [6.07, 6.45) is 0. The topological polar surface area (TPSA) is 53.2 Å². The lowest BCUT2D eigenvalue weighted by Gasteiger charge is -2.09. The maximum Gasteiger partial charge on any atom is 0.139 e. The molecule has 0 amide bonds. The Morgan fingerprint density at radius 1 is 1.62 bits per heavy atom. The van der Waals surface area contributed by atoms with E-state index in [1.807, 2.05) is 6.07 Å². The van der Waals surface area contributed by atoms with Gasteiger partial charge in [0, 0.05) is 5.56 Å². The Balaban J connectivity index is 3.38. The largest absolute Gasteiger partial charge is 0.495 e. The molecule has 3 nitrogen and oxygen atoms in total. The molecule has 0 saturated carbocycles. The van der Waals surface area contributed by atoms with Crippen LogP contribution in [0.1, 0.15) is 11.1 Å². The molecule has 0 spiro atoms. The number of hydrogen-bond acceptors (Lipinski definition) is 3. The highest BCUT2D eigenvalue weighted by Gasteiger charge is 2.11. The van der Waals surface area contributed by atoms with Crippen LogP contribution in [0, 0.1) is 14.9 Å². The Labute approximate surface area is 90.1 Å². The van der Waals surface area contributed by atoms with Crippen molar-refractivity contribution in [3.8, 4) is 11.8 Å². The smallest absolute Gasteiger partial charge is 0.139 e. The number of aliphatic hydroxyl groups is 1. The minimum atomic E-state index is -0.178. The third-order valence-corrected chi connectivity index (χ3v) is 2.54. The Hall–Kier alpha value is -0.800. The molecule has 0 aromatic heterocycles. The third kappa shape index (κ3) is 1.92. The van der Waals surface area contributed by atoms with E-state index in [9.17, 15) is 0 Å². The molecule has 1 N–H and O–H groups in total. The average Bonchev–Trinajstić information content (AvgIpc) is 2.17. The summed E-state index contributed by atoms with van der Waals surface area (Å²) in [7, 11) is 1.53. The van der Waals surface area contributed by atoms with E-state index in [2.05, 4.69) is 22.6 Å². The van der Waals surface area contributed by atoms with Gasteiger partial charge < -0.3 is 9.84 Å². The van der Waals surface area contributed by atoms with Crippen LogP contribution in [-0.4, -0.2) is 12.2 Å². The minimum Gasteiger partial charge on any atom is -0.495 e. The second-order valence-corrected chi connectivity index (χ2v) is 3.54. The fourth-order valence-corrected chi connectivity index (χ4v) is 1.81. The molecule has 68 valence electrons. The summed E-state index contributed by atoms with van der Waals surface area (Å²) >= 11 is 2.10. The van der Waals surface area contributed by atoms with E-state index in [0.29, 0.717) is 16.9 Å². The second kappa shape index (κ2) is 4.44. The molecular weight excluding hydrogens is 281 g/mol. The van der Waals surface area contributed by atoms with E-state index < -0.39 is 0 Å². The molecule has 0 heterocycles. The maximum atomic E-state index is 9.05. The summed E-state index contributed by atoms with van der Waals surface area (Å²) in [6, 6.07) is 5.47. The van der Waals surface area contributed by atoms with Crippen LogP contribution in [0.3, 0.4) is 0 Å². The molecule has 13 heavy (non-hydrogen) atoms. The van der Waals surface area contributed by atoms with Crippen molar-refractivity contribution in [2.75, 3.05) is 7.11 Å². The third-order valence-electron chi connectivity index (χ3n) is 1.70. The number of aliphatic hydroxyl groups excluding tert-OH is 1. The van der Waals surface area contributed by atoms with Crippen LogP contribution in [0.5, 0.6) is 5.75 Å². The van der Waals surface area contributed by atoms with E-state index in [4.69, 9.17) is 15.1 Å². The molecule has 0 saturated heterocycles. The maximum absolute atomic E-state index is 9.05. The van der Waals surface area contributed by atoms with Crippen molar-refractivity contribution in [2.45, 2.75) is 6.61 Å². The summed E-state index contributed by atoms with van der Waals surface area (Å²) in [5.74, 6) is 0.585. The van der Waals surface area contributed by atoms with Crippen LogP contribution in [0.2, 0.25) is 0 Å². The van der Waals surface area contributed by atoms with Gasteiger partial charge in [0.2, 0.25) is 0 Å². The van der Waals surface area contributed by atoms with Crippen LogP contribution in [0.25, 0.3) is 0 Å². The van der Waals surface area contributed by atoms with Gasteiger partial charge >= 0.3 is 0 Å². The van der Waals surface area contributed by atoms with E-state index in [0.717, 1.165) is 3.57 Å². The number of hydrogen-bond donors (Lipinski definition) is 1. The van der Waals surface area contributed by atoms with E-state index in [-0.39, 0.29) is 6.61 Å². The Bertz CT molecular complexity index is 357. The highest BCUT2D eigenvalue weighted by atomic mass is 127. The number of halogens is 1. The van der Waals surface area contributed by atoms with Gasteiger partial charge in [-0.2, -0.15) is 5.26 Å². The lowest BCUT2D eigenvalue weighted by Crippen LogP contribution is -1.97. The molecule has 0 atom stereocenters. The first-order valence-electron chi connectivity index (χ1n) is 3.61. The molecule has 0 fully saturated rings. The Kier molecular flexibility index (Phi) is 3.51. The van der Waals surface area contributed by atoms with Crippen LogP contribution < -0.4 is 4.74 Å². The normalized spacial score (nSPS) is 9.38. The number of rotatable bonds is 2. The predicted octanol–water partition coefficient (Wildman–Crippen LogP) is 1.66. The molecule has 0 aliphatic rings. The molecule has 4 heteroatoms. The summed E-state index contributed by atoms with van der Waals surface area (Å²) in [6.45, 7) is -0.178. The average molecular weight is 289 g/mol. The number of ether oxygens (including phenoxy) is 1. The first-order chi connectivity index (χ1) is 6.24. The SMILES string of the molecule is COc1c(I)ccc(C#N)c1CO. The van der Waals surface area contributed by atoms with Gasteiger partial charge in [-0.3, -0.25) is 0 Å². The van der Waals surface area contributed by atoms with Crippen molar-refractivity contribution in [3.63, 3.8) is 0 Å². The minimum absolute atomic E-state index is 0.178. The molecule has 0 bridgehead atoms. The number of benzene rings is 1. The van der Waals surface area contributed by atoms with Crippen LogP contribution in [-0.2, 0) is 6.61 Å². The van der Waals surface area contributed by atoms with Crippen LogP contribution in [0.15, 0.2) is 12.1 Å². The van der Waals surface area contributed by atoms with Crippen molar-refractivity contribution < 1.29 is 9.84 Å². The fraction of sp³-hybridized carbons (Fsp3) is 0.222. The molecule has 1 aromatic rings. The van der Waals surface area contributed by atoms with Crippen molar-refractivity contribution >= 4 is 22.6 Å². The highest BCUT2D eigenvalue weighted by molar-refractivity contribution is 14.1. The van der Waals surface area contributed by atoms with Gasteiger partial charge in [0.15, 0.2) is 0 Å². The van der Waals surface area contributed by atoms with Crippen LogP contribution in [0.4, 0.5) is 0 Å². The van der Waals surface area contributed by atoms with Crippen molar-refractivity contribution in [3.05, 3.63) is 26.8 Å². The number of nitriles is 1. The number of methoxy groups -OCH3 is 1. The van der Waals surface area contributed by atoms with Crippen LogP contribution >= 0.6 is 22.6 Å². The van der Waals surface area contributed by atoms with Gasteiger partial charge in [-0.25, -0.2) is 0 Å². The lowest BCUT2D eigenvalue weighted by atomic mass is 10.1. The van der Waals surface area contributed by atoms with E-state index in [1.165, 1.54) is 7.11 Å². The molecule has 1 rings (SSSR count). The number of nitrogens with zero attached hydrogens (tertiary/aromatic N) is 1. The summed E-state index contributed by atoms with van der Waals surface area (Å²) in [5.41, 5.74) is 1.01. The standard InChI is InChI=1S/C9H8INO2/c1-13-9-7(5-12)6(4-11)2-3-8(9)10/h2-3,12H,5H2,1H3. The predicted molar refractivity (Wildman–Crippen MR) is 56.3 cm³/mol. The molecule has 0 aliphatic carbocycles. The first kappa shape index (κ1) is 10.3. The summed E-state index contributed by atoms with van der Waals surface area (Å²) < 4.78 is 5.98. The Morgan fingerprint density at radius 3 is 2.77 bits per heavy atom.